The number of carbonyl (C=O) groups is 1. The maximum Gasteiger partial charge on any atom is 0.266 e. The minimum absolute atomic E-state index is 0.124. The van der Waals surface area contributed by atoms with Crippen molar-refractivity contribution in [2.45, 2.75) is 13.3 Å². The molecular formula is C13H12Br2N2OS. The van der Waals surface area contributed by atoms with Crippen LogP contribution >= 0.6 is 43.2 Å². The number of carbonyl (C=O) groups excluding carboxylic acids is 1. The second kappa shape index (κ2) is 6.07. The Balaban J connectivity index is 2.29. The normalized spacial score (nSPS) is 10.5. The highest BCUT2D eigenvalue weighted by Gasteiger charge is 2.15. The second-order valence-electron chi connectivity index (χ2n) is 3.93. The van der Waals surface area contributed by atoms with Crippen molar-refractivity contribution in [2.75, 3.05) is 11.1 Å². The van der Waals surface area contributed by atoms with Crippen LogP contribution in [0.25, 0.3) is 0 Å². The minimum Gasteiger partial charge on any atom is -0.397 e. The fraction of sp³-hybridized carbons (Fsp3) is 0.154. The molecule has 0 unspecified atom stereocenters. The highest BCUT2D eigenvalue weighted by molar-refractivity contribution is 9.11. The van der Waals surface area contributed by atoms with Crippen molar-refractivity contribution in [3.63, 3.8) is 0 Å². The first kappa shape index (κ1) is 14.6. The number of amides is 1. The van der Waals surface area contributed by atoms with Crippen molar-refractivity contribution in [3.05, 3.63) is 43.0 Å². The van der Waals surface area contributed by atoms with E-state index in [2.05, 4.69) is 37.2 Å². The molecule has 0 radical (unpaired) electrons. The van der Waals surface area contributed by atoms with Gasteiger partial charge in [-0.05, 0) is 51.5 Å². The van der Waals surface area contributed by atoms with Crippen LogP contribution < -0.4 is 11.1 Å². The summed E-state index contributed by atoms with van der Waals surface area (Å²) in [5, 5.41) is 4.79. The van der Waals surface area contributed by atoms with Crippen LogP contribution in [0.4, 0.5) is 11.4 Å². The van der Waals surface area contributed by atoms with Gasteiger partial charge in [0.25, 0.3) is 5.91 Å². The van der Waals surface area contributed by atoms with Gasteiger partial charge in [-0.15, -0.1) is 11.3 Å². The van der Waals surface area contributed by atoms with Crippen molar-refractivity contribution < 1.29 is 4.79 Å². The van der Waals surface area contributed by atoms with Crippen molar-refractivity contribution in [3.8, 4) is 0 Å². The Morgan fingerprint density at radius 3 is 2.79 bits per heavy atom. The standard InChI is InChI=1S/C13H12Br2N2OS/c1-2-7-3-4-19-12(7)13(18)17-11-9(15)5-8(14)6-10(11)16/h3-6H,2,16H2,1H3,(H,17,18). The highest BCUT2D eigenvalue weighted by atomic mass is 79.9. The van der Waals surface area contributed by atoms with E-state index >= 15 is 0 Å². The fourth-order valence-electron chi connectivity index (χ4n) is 1.71. The SMILES string of the molecule is CCc1ccsc1C(=O)Nc1c(N)cc(Br)cc1Br. The second-order valence-corrected chi connectivity index (χ2v) is 6.62. The van der Waals surface area contributed by atoms with Crippen molar-refractivity contribution in [1.29, 1.82) is 0 Å². The molecular weight excluding hydrogens is 392 g/mol. The van der Waals surface area contributed by atoms with E-state index in [0.717, 1.165) is 25.8 Å². The zero-order valence-corrected chi connectivity index (χ0v) is 14.2. The van der Waals surface area contributed by atoms with Crippen LogP contribution in [0.2, 0.25) is 0 Å². The number of nitrogens with two attached hydrogens (primary N) is 1. The van der Waals surface area contributed by atoms with E-state index in [-0.39, 0.29) is 5.91 Å². The molecule has 2 rings (SSSR count). The number of benzene rings is 1. The number of rotatable bonds is 3. The molecule has 0 spiro atoms. The lowest BCUT2D eigenvalue weighted by molar-refractivity contribution is 0.103. The van der Waals surface area contributed by atoms with Gasteiger partial charge in [0.2, 0.25) is 0 Å². The number of thiophene rings is 1. The predicted octanol–water partition coefficient (Wildman–Crippen LogP) is 4.67. The molecule has 1 aromatic carbocycles. The molecule has 3 N–H and O–H groups in total. The summed E-state index contributed by atoms with van der Waals surface area (Å²) in [6.07, 6.45) is 0.837. The largest absolute Gasteiger partial charge is 0.397 e. The molecule has 100 valence electrons. The van der Waals surface area contributed by atoms with Crippen LogP contribution in [0, 0.1) is 0 Å². The van der Waals surface area contributed by atoms with Crippen LogP contribution in [0.1, 0.15) is 22.2 Å². The summed E-state index contributed by atoms with van der Waals surface area (Å²) in [6, 6.07) is 5.58. The van der Waals surface area contributed by atoms with Crippen LogP contribution in [-0.2, 0) is 6.42 Å². The number of anilines is 2. The molecule has 1 aromatic heterocycles. The van der Waals surface area contributed by atoms with Gasteiger partial charge in [0.15, 0.2) is 0 Å². The third-order valence-corrected chi connectivity index (χ3v) is 4.70. The summed E-state index contributed by atoms with van der Waals surface area (Å²) in [4.78, 5) is 13.0. The van der Waals surface area contributed by atoms with E-state index in [1.165, 1.54) is 11.3 Å². The Hall–Kier alpha value is -0.850. The molecule has 6 heteroatoms. The number of aryl methyl sites for hydroxylation is 1. The van der Waals surface area contributed by atoms with Crippen LogP contribution in [0.15, 0.2) is 32.5 Å². The maximum absolute atomic E-state index is 12.3. The minimum atomic E-state index is -0.124. The van der Waals surface area contributed by atoms with Gasteiger partial charge in [-0.3, -0.25) is 4.79 Å². The third-order valence-electron chi connectivity index (χ3n) is 2.66. The molecule has 0 aliphatic heterocycles. The van der Waals surface area contributed by atoms with Gasteiger partial charge >= 0.3 is 0 Å². The van der Waals surface area contributed by atoms with E-state index in [4.69, 9.17) is 5.73 Å². The quantitative estimate of drug-likeness (QED) is 0.731. The molecule has 0 aliphatic rings. The van der Waals surface area contributed by atoms with Gasteiger partial charge in [-0.25, -0.2) is 0 Å². The number of hydrogen-bond acceptors (Lipinski definition) is 3. The molecule has 0 fully saturated rings. The van der Waals surface area contributed by atoms with Crippen molar-refractivity contribution in [2.24, 2.45) is 0 Å². The number of nitrogens with one attached hydrogen (secondary N) is 1. The highest BCUT2D eigenvalue weighted by Crippen LogP contribution is 2.33. The molecule has 0 bridgehead atoms. The first-order valence-corrected chi connectivity index (χ1v) is 8.11. The van der Waals surface area contributed by atoms with Gasteiger partial charge in [-0.1, -0.05) is 22.9 Å². The first-order valence-electron chi connectivity index (χ1n) is 5.65. The van der Waals surface area contributed by atoms with Gasteiger partial charge in [0.05, 0.1) is 16.3 Å². The van der Waals surface area contributed by atoms with Crippen LogP contribution in [0.5, 0.6) is 0 Å². The first-order chi connectivity index (χ1) is 9.02. The summed E-state index contributed by atoms with van der Waals surface area (Å²) >= 11 is 8.20. The number of halogens is 2. The Morgan fingerprint density at radius 1 is 1.42 bits per heavy atom. The number of hydrogen-bond donors (Lipinski definition) is 2. The van der Waals surface area contributed by atoms with Gasteiger partial charge < -0.3 is 11.1 Å². The van der Waals surface area contributed by atoms with E-state index < -0.39 is 0 Å². The summed E-state index contributed by atoms with van der Waals surface area (Å²) in [6.45, 7) is 2.03. The topological polar surface area (TPSA) is 55.1 Å². The number of nitrogen functional groups attached to an aromatic ring is 1. The summed E-state index contributed by atoms with van der Waals surface area (Å²) < 4.78 is 1.61. The van der Waals surface area contributed by atoms with Gasteiger partial charge in [0, 0.05) is 8.95 Å². The monoisotopic (exact) mass is 402 g/mol. The molecule has 0 saturated heterocycles. The molecule has 19 heavy (non-hydrogen) atoms. The van der Waals surface area contributed by atoms with Gasteiger partial charge in [0.1, 0.15) is 0 Å². The van der Waals surface area contributed by atoms with E-state index in [1.54, 1.807) is 6.07 Å². The molecule has 1 heterocycles. The zero-order valence-electron chi connectivity index (χ0n) is 10.2. The molecule has 0 atom stereocenters. The fourth-order valence-corrected chi connectivity index (χ4v) is 3.96. The molecule has 0 aliphatic carbocycles. The smallest absolute Gasteiger partial charge is 0.266 e. The Bertz CT molecular complexity index is 602. The van der Waals surface area contributed by atoms with E-state index in [1.807, 2.05) is 24.4 Å². The summed E-state index contributed by atoms with van der Waals surface area (Å²) in [5.41, 5.74) is 8.09. The maximum atomic E-state index is 12.3. The van der Waals surface area contributed by atoms with E-state index in [0.29, 0.717) is 11.4 Å². The van der Waals surface area contributed by atoms with Crippen molar-refractivity contribution >= 4 is 60.5 Å². The lowest BCUT2D eigenvalue weighted by Gasteiger charge is -2.11. The average Bonchev–Trinajstić information content (AvgIpc) is 2.81. The zero-order chi connectivity index (χ0) is 14.0. The molecule has 2 aromatic rings. The molecule has 1 amide bonds. The third kappa shape index (κ3) is 3.19. The van der Waals surface area contributed by atoms with Crippen LogP contribution in [0.3, 0.4) is 0 Å². The molecule has 0 saturated carbocycles. The predicted molar refractivity (Wildman–Crippen MR) is 87.9 cm³/mol. The molecule has 3 nitrogen and oxygen atoms in total. The van der Waals surface area contributed by atoms with Crippen LogP contribution in [-0.4, -0.2) is 5.91 Å². The van der Waals surface area contributed by atoms with Gasteiger partial charge in [-0.2, -0.15) is 0 Å². The van der Waals surface area contributed by atoms with E-state index in [9.17, 15) is 4.79 Å². The Kier molecular flexibility index (Phi) is 4.65. The Morgan fingerprint density at radius 2 is 2.16 bits per heavy atom. The summed E-state index contributed by atoms with van der Waals surface area (Å²) in [7, 11) is 0. The lowest BCUT2D eigenvalue weighted by atomic mass is 10.2. The average molecular weight is 404 g/mol. The van der Waals surface area contributed by atoms with Crippen molar-refractivity contribution in [1.82, 2.24) is 0 Å². The Labute approximate surface area is 132 Å². The summed E-state index contributed by atoms with van der Waals surface area (Å²) in [5.74, 6) is -0.124. The lowest BCUT2D eigenvalue weighted by Crippen LogP contribution is -2.13.